The topological polar surface area (TPSA) is 26.3 Å². The number of hydrogen-bond donors (Lipinski definition) is 0. The second-order valence-corrected chi connectivity index (χ2v) is 6.65. The van der Waals surface area contributed by atoms with Crippen LogP contribution in [0, 0.1) is 0 Å². The van der Waals surface area contributed by atoms with Crippen LogP contribution < -0.4 is 4.74 Å². The number of rotatable bonds is 6. The number of carbonyl (C=O) groups is 1. The SMILES string of the molecule is COc1ccc(-c2ccc(C(=O)CSC(C)C)cc2)cc1. The van der Waals surface area contributed by atoms with Crippen molar-refractivity contribution in [1.29, 1.82) is 0 Å². The molecule has 2 aromatic carbocycles. The summed E-state index contributed by atoms with van der Waals surface area (Å²) in [7, 11) is 1.66. The highest BCUT2D eigenvalue weighted by Gasteiger charge is 2.07. The van der Waals surface area contributed by atoms with E-state index in [1.165, 1.54) is 0 Å². The Morgan fingerprint density at radius 2 is 1.52 bits per heavy atom. The van der Waals surface area contributed by atoms with Gasteiger partial charge in [0.05, 0.1) is 12.9 Å². The average molecular weight is 300 g/mol. The Labute approximate surface area is 130 Å². The molecule has 0 aromatic heterocycles. The molecule has 0 radical (unpaired) electrons. The first-order valence-electron chi connectivity index (χ1n) is 6.99. The molecular formula is C18H20O2S. The lowest BCUT2D eigenvalue weighted by atomic mass is 10.0. The van der Waals surface area contributed by atoms with Crippen molar-refractivity contribution < 1.29 is 9.53 Å². The third kappa shape index (κ3) is 4.36. The fraction of sp³-hybridized carbons (Fsp3) is 0.278. The molecule has 0 saturated heterocycles. The van der Waals surface area contributed by atoms with E-state index in [0.29, 0.717) is 11.0 Å². The highest BCUT2D eigenvalue weighted by atomic mass is 32.2. The number of benzene rings is 2. The Bertz CT molecular complexity index is 586. The molecule has 0 aliphatic rings. The summed E-state index contributed by atoms with van der Waals surface area (Å²) < 4.78 is 5.15. The summed E-state index contributed by atoms with van der Waals surface area (Å²) in [6.07, 6.45) is 0. The molecule has 0 unspecified atom stereocenters. The minimum absolute atomic E-state index is 0.190. The molecule has 0 spiro atoms. The van der Waals surface area contributed by atoms with Crippen LogP contribution >= 0.6 is 11.8 Å². The zero-order valence-electron chi connectivity index (χ0n) is 12.6. The van der Waals surface area contributed by atoms with Crippen molar-refractivity contribution >= 4 is 17.5 Å². The molecule has 21 heavy (non-hydrogen) atoms. The molecule has 0 amide bonds. The van der Waals surface area contributed by atoms with Crippen molar-refractivity contribution in [3.8, 4) is 16.9 Å². The van der Waals surface area contributed by atoms with Crippen LogP contribution in [0.3, 0.4) is 0 Å². The van der Waals surface area contributed by atoms with E-state index >= 15 is 0 Å². The molecule has 0 saturated carbocycles. The highest BCUT2D eigenvalue weighted by Crippen LogP contribution is 2.23. The molecule has 2 aromatic rings. The van der Waals surface area contributed by atoms with E-state index in [4.69, 9.17) is 4.74 Å². The van der Waals surface area contributed by atoms with Crippen LogP contribution in [0.25, 0.3) is 11.1 Å². The van der Waals surface area contributed by atoms with Gasteiger partial charge in [0.2, 0.25) is 0 Å². The molecule has 110 valence electrons. The summed E-state index contributed by atoms with van der Waals surface area (Å²) in [6.45, 7) is 4.20. The van der Waals surface area contributed by atoms with Crippen LogP contribution in [0.5, 0.6) is 5.75 Å². The van der Waals surface area contributed by atoms with Crippen LogP contribution in [0.4, 0.5) is 0 Å². The van der Waals surface area contributed by atoms with Gasteiger partial charge in [0.15, 0.2) is 5.78 Å². The van der Waals surface area contributed by atoms with Crippen LogP contribution in [-0.2, 0) is 0 Å². The third-order valence-corrected chi connectivity index (χ3v) is 4.27. The lowest BCUT2D eigenvalue weighted by molar-refractivity contribution is 0.102. The van der Waals surface area contributed by atoms with Crippen molar-refractivity contribution in [2.45, 2.75) is 19.1 Å². The van der Waals surface area contributed by atoms with E-state index in [9.17, 15) is 4.79 Å². The molecule has 0 heterocycles. The van der Waals surface area contributed by atoms with Crippen LogP contribution in [0.15, 0.2) is 48.5 Å². The summed E-state index contributed by atoms with van der Waals surface area (Å²) in [4.78, 5) is 12.0. The molecule has 0 aliphatic carbocycles. The van der Waals surface area contributed by atoms with Crippen molar-refractivity contribution in [3.63, 3.8) is 0 Å². The Kier molecular flexibility index (Phi) is 5.45. The summed E-state index contributed by atoms with van der Waals surface area (Å²) in [5.41, 5.74) is 3.00. The molecule has 2 nitrogen and oxygen atoms in total. The Morgan fingerprint density at radius 3 is 2.00 bits per heavy atom. The van der Waals surface area contributed by atoms with Gasteiger partial charge in [0.25, 0.3) is 0 Å². The standard InChI is InChI=1S/C18H20O2S/c1-13(2)21-12-18(19)16-6-4-14(5-7-16)15-8-10-17(20-3)11-9-15/h4-11,13H,12H2,1-3H3. The van der Waals surface area contributed by atoms with Gasteiger partial charge in [0, 0.05) is 5.56 Å². The number of ether oxygens (including phenoxy) is 1. The number of Topliss-reactive ketones (excluding diaryl/α,β-unsaturated/α-hetero) is 1. The van der Waals surface area contributed by atoms with Gasteiger partial charge in [-0.2, -0.15) is 11.8 Å². The second kappa shape index (κ2) is 7.32. The monoisotopic (exact) mass is 300 g/mol. The molecule has 0 bridgehead atoms. The third-order valence-electron chi connectivity index (χ3n) is 3.18. The number of hydrogen-bond acceptors (Lipinski definition) is 3. The Balaban J connectivity index is 2.09. The van der Waals surface area contributed by atoms with Gasteiger partial charge in [-0.1, -0.05) is 50.2 Å². The average Bonchev–Trinajstić information content (AvgIpc) is 2.53. The van der Waals surface area contributed by atoms with E-state index in [1.54, 1.807) is 18.9 Å². The van der Waals surface area contributed by atoms with Gasteiger partial charge < -0.3 is 4.74 Å². The number of ketones is 1. The van der Waals surface area contributed by atoms with Crippen LogP contribution in [-0.4, -0.2) is 23.9 Å². The number of carbonyl (C=O) groups excluding carboxylic acids is 1. The van der Waals surface area contributed by atoms with E-state index in [1.807, 2.05) is 48.5 Å². The fourth-order valence-electron chi connectivity index (χ4n) is 1.96. The normalized spacial score (nSPS) is 10.7. The zero-order chi connectivity index (χ0) is 15.2. The Hall–Kier alpha value is -1.74. The number of thioether (sulfide) groups is 1. The summed E-state index contributed by atoms with van der Waals surface area (Å²) in [6, 6.07) is 15.7. The first-order valence-corrected chi connectivity index (χ1v) is 8.04. The van der Waals surface area contributed by atoms with Gasteiger partial charge in [-0.05, 0) is 28.5 Å². The maximum atomic E-state index is 12.0. The highest BCUT2D eigenvalue weighted by molar-refractivity contribution is 8.00. The predicted molar refractivity (Wildman–Crippen MR) is 90.4 cm³/mol. The smallest absolute Gasteiger partial charge is 0.172 e. The van der Waals surface area contributed by atoms with Crippen molar-refractivity contribution in [2.75, 3.05) is 12.9 Å². The number of methoxy groups -OCH3 is 1. The van der Waals surface area contributed by atoms with Gasteiger partial charge in [0.1, 0.15) is 5.75 Å². The van der Waals surface area contributed by atoms with Crippen molar-refractivity contribution in [3.05, 3.63) is 54.1 Å². The van der Waals surface area contributed by atoms with Crippen LogP contribution in [0.1, 0.15) is 24.2 Å². The molecule has 2 rings (SSSR count). The van der Waals surface area contributed by atoms with E-state index in [-0.39, 0.29) is 5.78 Å². The van der Waals surface area contributed by atoms with E-state index in [2.05, 4.69) is 13.8 Å². The van der Waals surface area contributed by atoms with E-state index in [0.717, 1.165) is 22.4 Å². The fourth-order valence-corrected chi connectivity index (χ4v) is 2.61. The van der Waals surface area contributed by atoms with Gasteiger partial charge in [-0.3, -0.25) is 4.79 Å². The quantitative estimate of drug-likeness (QED) is 0.724. The minimum Gasteiger partial charge on any atom is -0.497 e. The molecule has 3 heteroatoms. The predicted octanol–water partition coefficient (Wildman–Crippen LogP) is 4.69. The molecule has 0 N–H and O–H groups in total. The van der Waals surface area contributed by atoms with Crippen molar-refractivity contribution in [1.82, 2.24) is 0 Å². The first kappa shape index (κ1) is 15.6. The summed E-state index contributed by atoms with van der Waals surface area (Å²) in [5, 5.41) is 0.479. The van der Waals surface area contributed by atoms with Gasteiger partial charge in [-0.25, -0.2) is 0 Å². The van der Waals surface area contributed by atoms with Gasteiger partial charge in [-0.15, -0.1) is 0 Å². The Morgan fingerprint density at radius 1 is 1.00 bits per heavy atom. The molecule has 0 aliphatic heterocycles. The second-order valence-electron chi connectivity index (χ2n) is 5.09. The molecule has 0 atom stereocenters. The lowest BCUT2D eigenvalue weighted by Gasteiger charge is -2.06. The maximum absolute atomic E-state index is 12.0. The molecular weight excluding hydrogens is 280 g/mol. The van der Waals surface area contributed by atoms with Crippen molar-refractivity contribution in [2.24, 2.45) is 0 Å². The van der Waals surface area contributed by atoms with Crippen LogP contribution in [0.2, 0.25) is 0 Å². The summed E-state index contributed by atoms with van der Waals surface area (Å²) in [5.74, 6) is 1.57. The minimum atomic E-state index is 0.190. The van der Waals surface area contributed by atoms with E-state index < -0.39 is 0 Å². The maximum Gasteiger partial charge on any atom is 0.172 e. The first-order chi connectivity index (χ1) is 10.1. The zero-order valence-corrected chi connectivity index (χ0v) is 13.4. The van der Waals surface area contributed by atoms with Gasteiger partial charge >= 0.3 is 0 Å². The lowest BCUT2D eigenvalue weighted by Crippen LogP contribution is -2.04. The molecule has 0 fully saturated rings. The summed E-state index contributed by atoms with van der Waals surface area (Å²) >= 11 is 1.68. The largest absolute Gasteiger partial charge is 0.497 e.